The zero-order valence-corrected chi connectivity index (χ0v) is 13.8. The van der Waals surface area contributed by atoms with E-state index in [1.54, 1.807) is 23.9 Å². The summed E-state index contributed by atoms with van der Waals surface area (Å²) in [6, 6.07) is 4.14. The lowest BCUT2D eigenvalue weighted by atomic mass is 10.1. The minimum atomic E-state index is -3.86. The number of hydrogen-bond acceptors (Lipinski definition) is 3. The van der Waals surface area contributed by atoms with Crippen LogP contribution >= 0.6 is 0 Å². The molecule has 0 saturated carbocycles. The lowest BCUT2D eigenvalue weighted by Gasteiger charge is -2.26. The number of hydrogen-bond donors (Lipinski definition) is 0. The molecule has 5 nitrogen and oxygen atoms in total. The SMILES string of the molecule is Cc1ccc(F)c(S(=O)(=O)N2CCC=C(c3cnn(C)c3)C2)c1. The lowest BCUT2D eigenvalue weighted by molar-refractivity contribution is 0.438. The van der Waals surface area contributed by atoms with Crippen LogP contribution in [0.1, 0.15) is 17.5 Å². The first-order valence-corrected chi connectivity index (χ1v) is 8.76. The van der Waals surface area contributed by atoms with Crippen molar-refractivity contribution in [1.29, 1.82) is 0 Å². The first-order valence-electron chi connectivity index (χ1n) is 7.32. The molecule has 0 N–H and O–H groups in total. The summed E-state index contributed by atoms with van der Waals surface area (Å²) in [5, 5.41) is 4.11. The Hall–Kier alpha value is -1.99. The van der Waals surface area contributed by atoms with Crippen molar-refractivity contribution in [3.8, 4) is 0 Å². The van der Waals surface area contributed by atoms with Gasteiger partial charge in [0.05, 0.1) is 6.20 Å². The molecule has 1 aliphatic rings. The Balaban J connectivity index is 1.92. The number of aryl methyl sites for hydroxylation is 2. The van der Waals surface area contributed by atoms with E-state index in [0.717, 1.165) is 11.1 Å². The summed E-state index contributed by atoms with van der Waals surface area (Å²) in [7, 11) is -2.05. The van der Waals surface area contributed by atoms with Gasteiger partial charge >= 0.3 is 0 Å². The molecule has 2 heterocycles. The zero-order chi connectivity index (χ0) is 16.6. The number of sulfonamides is 1. The predicted molar refractivity (Wildman–Crippen MR) is 85.7 cm³/mol. The molecule has 0 bridgehead atoms. The molecule has 0 fully saturated rings. The van der Waals surface area contributed by atoms with Crippen LogP contribution in [0.3, 0.4) is 0 Å². The summed E-state index contributed by atoms with van der Waals surface area (Å²) >= 11 is 0. The third kappa shape index (κ3) is 3.07. The number of benzene rings is 1. The Morgan fingerprint density at radius 1 is 1.30 bits per heavy atom. The van der Waals surface area contributed by atoms with E-state index in [1.807, 2.05) is 19.3 Å². The molecule has 0 amide bonds. The van der Waals surface area contributed by atoms with Crippen molar-refractivity contribution in [3.05, 3.63) is 53.6 Å². The van der Waals surface area contributed by atoms with Crippen LogP contribution in [0.5, 0.6) is 0 Å². The average Bonchev–Trinajstić information content (AvgIpc) is 2.96. The highest BCUT2D eigenvalue weighted by atomic mass is 32.2. The van der Waals surface area contributed by atoms with Gasteiger partial charge in [-0.05, 0) is 36.6 Å². The maximum Gasteiger partial charge on any atom is 0.246 e. The fraction of sp³-hybridized carbons (Fsp3) is 0.312. The van der Waals surface area contributed by atoms with Gasteiger partial charge in [0.15, 0.2) is 0 Å². The third-order valence-corrected chi connectivity index (χ3v) is 5.76. The van der Waals surface area contributed by atoms with Crippen LogP contribution in [0.4, 0.5) is 4.39 Å². The Bertz CT molecular complexity index is 871. The smallest absolute Gasteiger partial charge is 0.246 e. The largest absolute Gasteiger partial charge is 0.275 e. The monoisotopic (exact) mass is 335 g/mol. The number of aromatic nitrogens is 2. The molecule has 0 unspecified atom stereocenters. The Kier molecular flexibility index (Phi) is 4.08. The predicted octanol–water partition coefficient (Wildman–Crippen LogP) is 2.35. The fourth-order valence-electron chi connectivity index (χ4n) is 2.67. The molecular formula is C16H18FN3O2S. The fourth-order valence-corrected chi connectivity index (χ4v) is 4.25. The molecule has 3 rings (SSSR count). The van der Waals surface area contributed by atoms with Crippen molar-refractivity contribution in [2.45, 2.75) is 18.2 Å². The first-order chi connectivity index (χ1) is 10.9. The highest BCUT2D eigenvalue weighted by molar-refractivity contribution is 7.89. The Morgan fingerprint density at radius 3 is 2.78 bits per heavy atom. The van der Waals surface area contributed by atoms with E-state index in [-0.39, 0.29) is 11.4 Å². The van der Waals surface area contributed by atoms with Crippen LogP contribution in [0, 0.1) is 12.7 Å². The zero-order valence-electron chi connectivity index (χ0n) is 13.0. The lowest BCUT2D eigenvalue weighted by Crippen LogP contribution is -2.36. The molecule has 23 heavy (non-hydrogen) atoms. The summed E-state index contributed by atoms with van der Waals surface area (Å²) in [5.74, 6) is -0.715. The first kappa shape index (κ1) is 15.9. The summed E-state index contributed by atoms with van der Waals surface area (Å²) in [6.45, 7) is 2.32. The van der Waals surface area contributed by atoms with Crippen LogP contribution in [-0.2, 0) is 17.1 Å². The summed E-state index contributed by atoms with van der Waals surface area (Å²) in [4.78, 5) is -0.259. The van der Waals surface area contributed by atoms with E-state index in [4.69, 9.17) is 0 Å². The summed E-state index contributed by atoms with van der Waals surface area (Å²) < 4.78 is 42.6. The molecule has 122 valence electrons. The van der Waals surface area contributed by atoms with Crippen LogP contribution in [0.25, 0.3) is 5.57 Å². The second kappa shape index (κ2) is 5.90. The maximum atomic E-state index is 14.0. The van der Waals surface area contributed by atoms with Crippen molar-refractivity contribution >= 4 is 15.6 Å². The number of nitrogens with zero attached hydrogens (tertiary/aromatic N) is 3. The molecule has 0 saturated heterocycles. The topological polar surface area (TPSA) is 55.2 Å². The van der Waals surface area contributed by atoms with E-state index in [2.05, 4.69) is 5.10 Å². The maximum absolute atomic E-state index is 14.0. The van der Waals surface area contributed by atoms with Crippen LogP contribution in [-0.4, -0.2) is 35.6 Å². The van der Waals surface area contributed by atoms with Gasteiger partial charge in [0.1, 0.15) is 10.7 Å². The van der Waals surface area contributed by atoms with Gasteiger partial charge in [-0.25, -0.2) is 12.8 Å². The van der Waals surface area contributed by atoms with E-state index in [1.165, 1.54) is 16.4 Å². The van der Waals surface area contributed by atoms with Crippen molar-refractivity contribution in [2.24, 2.45) is 7.05 Å². The minimum Gasteiger partial charge on any atom is -0.275 e. The van der Waals surface area contributed by atoms with E-state index < -0.39 is 15.8 Å². The molecule has 1 aromatic carbocycles. The second-order valence-electron chi connectivity index (χ2n) is 5.69. The van der Waals surface area contributed by atoms with E-state index >= 15 is 0 Å². The molecule has 2 aromatic rings. The minimum absolute atomic E-state index is 0.224. The van der Waals surface area contributed by atoms with Gasteiger partial charge < -0.3 is 0 Å². The van der Waals surface area contributed by atoms with E-state index in [0.29, 0.717) is 18.5 Å². The molecule has 0 radical (unpaired) electrons. The normalized spacial score (nSPS) is 16.4. The van der Waals surface area contributed by atoms with Gasteiger partial charge in [-0.1, -0.05) is 12.1 Å². The van der Waals surface area contributed by atoms with Gasteiger partial charge in [0, 0.05) is 31.9 Å². The summed E-state index contributed by atoms with van der Waals surface area (Å²) in [6.07, 6.45) is 6.15. The van der Waals surface area contributed by atoms with E-state index in [9.17, 15) is 12.8 Å². The Morgan fingerprint density at radius 2 is 2.09 bits per heavy atom. The van der Waals surface area contributed by atoms with Crippen LogP contribution in [0.15, 0.2) is 41.6 Å². The number of halogens is 1. The van der Waals surface area contributed by atoms with Gasteiger partial charge in [0.2, 0.25) is 10.0 Å². The highest BCUT2D eigenvalue weighted by Gasteiger charge is 2.30. The quantitative estimate of drug-likeness (QED) is 0.865. The molecule has 7 heteroatoms. The van der Waals surface area contributed by atoms with Gasteiger partial charge in [-0.15, -0.1) is 0 Å². The molecule has 0 aliphatic carbocycles. The van der Waals surface area contributed by atoms with Crippen LogP contribution < -0.4 is 0 Å². The van der Waals surface area contributed by atoms with Crippen molar-refractivity contribution in [1.82, 2.24) is 14.1 Å². The van der Waals surface area contributed by atoms with Crippen molar-refractivity contribution in [2.75, 3.05) is 13.1 Å². The third-order valence-electron chi connectivity index (χ3n) is 3.90. The standard InChI is InChI=1S/C16H18FN3O2S/c1-12-5-6-15(17)16(8-12)23(21,22)20-7-3-4-13(11-20)14-9-18-19(2)10-14/h4-6,8-10H,3,7,11H2,1-2H3. The van der Waals surface area contributed by atoms with Crippen molar-refractivity contribution < 1.29 is 12.8 Å². The summed E-state index contributed by atoms with van der Waals surface area (Å²) in [5.41, 5.74) is 2.49. The molecular weight excluding hydrogens is 317 g/mol. The van der Waals surface area contributed by atoms with Gasteiger partial charge in [-0.2, -0.15) is 9.40 Å². The molecule has 0 atom stereocenters. The molecule has 1 aliphatic heterocycles. The molecule has 0 spiro atoms. The second-order valence-corrected chi connectivity index (χ2v) is 7.60. The van der Waals surface area contributed by atoms with Gasteiger partial charge in [0.25, 0.3) is 0 Å². The van der Waals surface area contributed by atoms with Crippen LogP contribution in [0.2, 0.25) is 0 Å². The highest BCUT2D eigenvalue weighted by Crippen LogP contribution is 2.27. The average molecular weight is 335 g/mol. The number of rotatable bonds is 3. The molecule has 1 aromatic heterocycles. The van der Waals surface area contributed by atoms with Gasteiger partial charge in [-0.3, -0.25) is 4.68 Å². The van der Waals surface area contributed by atoms with Crippen molar-refractivity contribution in [3.63, 3.8) is 0 Å². The Labute approximate surface area is 135 Å².